The molecule has 0 amide bonds. The number of rotatable bonds is 4. The van der Waals surface area contributed by atoms with E-state index in [0.717, 1.165) is 36.7 Å². The predicted molar refractivity (Wildman–Crippen MR) is 72.4 cm³/mol. The van der Waals surface area contributed by atoms with Gasteiger partial charge >= 0.3 is 0 Å². The molecule has 2 aliphatic heterocycles. The van der Waals surface area contributed by atoms with E-state index in [0.29, 0.717) is 5.92 Å². The van der Waals surface area contributed by atoms with Crippen molar-refractivity contribution in [3.63, 3.8) is 0 Å². The van der Waals surface area contributed by atoms with Crippen molar-refractivity contribution in [1.29, 1.82) is 0 Å². The van der Waals surface area contributed by atoms with E-state index in [9.17, 15) is 5.11 Å². The molecule has 94 valence electrons. The molecule has 0 aromatic carbocycles. The first kappa shape index (κ1) is 13.1. The molecule has 1 N–H and O–H groups in total. The molecule has 2 aliphatic rings. The summed E-state index contributed by atoms with van der Waals surface area (Å²) in [4.78, 5) is 0. The summed E-state index contributed by atoms with van der Waals surface area (Å²) < 4.78 is 5.97. The predicted octanol–water partition coefficient (Wildman–Crippen LogP) is 2.40. The van der Waals surface area contributed by atoms with Gasteiger partial charge in [0, 0.05) is 18.1 Å². The zero-order valence-corrected chi connectivity index (χ0v) is 11.6. The summed E-state index contributed by atoms with van der Waals surface area (Å²) in [5.41, 5.74) is 0.117. The zero-order chi connectivity index (χ0) is 11.4. The van der Waals surface area contributed by atoms with E-state index in [-0.39, 0.29) is 11.7 Å². The highest BCUT2D eigenvalue weighted by Crippen LogP contribution is 2.41. The molecule has 3 atom stereocenters. The highest BCUT2D eigenvalue weighted by molar-refractivity contribution is 7.99. The van der Waals surface area contributed by atoms with Crippen LogP contribution in [0.4, 0.5) is 0 Å². The molecule has 2 rings (SSSR count). The van der Waals surface area contributed by atoms with Gasteiger partial charge in [-0.2, -0.15) is 23.5 Å². The second-order valence-electron chi connectivity index (χ2n) is 4.81. The number of aliphatic hydroxyl groups is 1. The van der Waals surface area contributed by atoms with Crippen molar-refractivity contribution < 1.29 is 9.84 Å². The van der Waals surface area contributed by atoms with Crippen LogP contribution < -0.4 is 0 Å². The van der Waals surface area contributed by atoms with Crippen molar-refractivity contribution in [2.75, 3.05) is 29.6 Å². The van der Waals surface area contributed by atoms with Gasteiger partial charge in [-0.05, 0) is 36.7 Å². The smallest absolute Gasteiger partial charge is 0.0783 e. The van der Waals surface area contributed by atoms with Gasteiger partial charge < -0.3 is 9.84 Å². The molecular formula is C12H22O2S2. The van der Waals surface area contributed by atoms with Gasteiger partial charge in [-0.3, -0.25) is 0 Å². The first-order valence-corrected chi connectivity index (χ1v) is 8.54. The summed E-state index contributed by atoms with van der Waals surface area (Å²) >= 11 is 3.84. The van der Waals surface area contributed by atoms with E-state index in [2.05, 4.69) is 6.92 Å². The Hall–Kier alpha value is 0.620. The second kappa shape index (κ2) is 5.98. The Morgan fingerprint density at radius 1 is 1.62 bits per heavy atom. The lowest BCUT2D eigenvalue weighted by molar-refractivity contribution is -0.0977. The third kappa shape index (κ3) is 3.09. The maximum Gasteiger partial charge on any atom is 0.0783 e. The van der Waals surface area contributed by atoms with E-state index in [4.69, 9.17) is 4.74 Å². The van der Waals surface area contributed by atoms with Crippen LogP contribution in [0.5, 0.6) is 0 Å². The highest BCUT2D eigenvalue weighted by atomic mass is 32.2. The minimum atomic E-state index is -0.128. The number of thioether (sulfide) groups is 2. The topological polar surface area (TPSA) is 29.5 Å². The van der Waals surface area contributed by atoms with Crippen molar-refractivity contribution >= 4 is 23.5 Å². The SMILES string of the molecule is CCSCC(O)C1CCOC2(CCSC2)C1. The number of hydrogen-bond acceptors (Lipinski definition) is 4. The van der Waals surface area contributed by atoms with Crippen molar-refractivity contribution in [3.05, 3.63) is 0 Å². The summed E-state index contributed by atoms with van der Waals surface area (Å²) in [6, 6.07) is 0. The fourth-order valence-electron chi connectivity index (χ4n) is 2.63. The molecule has 0 aliphatic carbocycles. The number of ether oxygens (including phenoxy) is 1. The Bertz CT molecular complexity index is 217. The molecule has 2 nitrogen and oxygen atoms in total. The average molecular weight is 262 g/mol. The van der Waals surface area contributed by atoms with Gasteiger partial charge in [0.15, 0.2) is 0 Å². The van der Waals surface area contributed by atoms with E-state index < -0.39 is 0 Å². The van der Waals surface area contributed by atoms with E-state index in [1.54, 1.807) is 0 Å². The van der Waals surface area contributed by atoms with Crippen LogP contribution in [-0.4, -0.2) is 46.4 Å². The summed E-state index contributed by atoms with van der Waals surface area (Å²) in [6.45, 7) is 3.00. The lowest BCUT2D eigenvalue weighted by Gasteiger charge is -2.39. The average Bonchev–Trinajstić information content (AvgIpc) is 2.74. The highest BCUT2D eigenvalue weighted by Gasteiger charge is 2.42. The van der Waals surface area contributed by atoms with Crippen LogP contribution in [0.15, 0.2) is 0 Å². The summed E-state index contributed by atoms with van der Waals surface area (Å²) in [5.74, 6) is 4.82. The van der Waals surface area contributed by atoms with E-state index >= 15 is 0 Å². The molecule has 0 bridgehead atoms. The third-order valence-corrected chi connectivity index (χ3v) is 5.84. The summed E-state index contributed by atoms with van der Waals surface area (Å²) in [5, 5.41) is 10.2. The van der Waals surface area contributed by atoms with Gasteiger partial charge in [-0.15, -0.1) is 0 Å². The molecule has 0 radical (unpaired) electrons. The van der Waals surface area contributed by atoms with Gasteiger partial charge in [0.1, 0.15) is 0 Å². The Balaban J connectivity index is 1.85. The molecule has 2 heterocycles. The van der Waals surface area contributed by atoms with E-state index in [1.807, 2.05) is 23.5 Å². The molecular weight excluding hydrogens is 240 g/mol. The van der Waals surface area contributed by atoms with Gasteiger partial charge in [0.05, 0.1) is 11.7 Å². The quantitative estimate of drug-likeness (QED) is 0.842. The molecule has 2 fully saturated rings. The van der Waals surface area contributed by atoms with Crippen LogP contribution in [-0.2, 0) is 4.74 Å². The molecule has 0 aromatic heterocycles. The molecule has 0 aromatic rings. The van der Waals surface area contributed by atoms with Crippen molar-refractivity contribution in [1.82, 2.24) is 0 Å². The van der Waals surface area contributed by atoms with Crippen molar-refractivity contribution in [2.24, 2.45) is 5.92 Å². The normalized spacial score (nSPS) is 36.8. The van der Waals surface area contributed by atoms with Gasteiger partial charge in [0.25, 0.3) is 0 Å². The molecule has 1 spiro atoms. The fourth-order valence-corrected chi connectivity index (χ4v) is 4.76. The Labute approximate surface area is 107 Å². The maximum absolute atomic E-state index is 10.2. The lowest BCUT2D eigenvalue weighted by atomic mass is 9.83. The molecule has 2 saturated heterocycles. The second-order valence-corrected chi connectivity index (χ2v) is 7.24. The van der Waals surface area contributed by atoms with Crippen molar-refractivity contribution in [2.45, 2.75) is 37.9 Å². The zero-order valence-electron chi connectivity index (χ0n) is 9.98. The number of hydrogen-bond donors (Lipinski definition) is 1. The third-order valence-electron chi connectivity index (χ3n) is 3.64. The van der Waals surface area contributed by atoms with Crippen LogP contribution in [0.25, 0.3) is 0 Å². The molecule has 16 heavy (non-hydrogen) atoms. The number of aliphatic hydroxyl groups excluding tert-OH is 1. The monoisotopic (exact) mass is 262 g/mol. The van der Waals surface area contributed by atoms with Crippen LogP contribution in [0.1, 0.15) is 26.2 Å². The van der Waals surface area contributed by atoms with Crippen LogP contribution in [0.2, 0.25) is 0 Å². The standard InChI is InChI=1S/C12H22O2S2/c1-2-15-8-11(13)10-3-5-14-12(7-10)4-6-16-9-12/h10-11,13H,2-9H2,1H3. The fraction of sp³-hybridized carbons (Fsp3) is 1.00. The molecule has 3 unspecified atom stereocenters. The lowest BCUT2D eigenvalue weighted by Crippen LogP contribution is -2.43. The first-order chi connectivity index (χ1) is 7.76. The van der Waals surface area contributed by atoms with Crippen molar-refractivity contribution in [3.8, 4) is 0 Å². The Kier molecular flexibility index (Phi) is 4.89. The van der Waals surface area contributed by atoms with Gasteiger partial charge in [-0.25, -0.2) is 0 Å². The Morgan fingerprint density at radius 3 is 3.19 bits per heavy atom. The Morgan fingerprint density at radius 2 is 2.50 bits per heavy atom. The largest absolute Gasteiger partial charge is 0.392 e. The minimum Gasteiger partial charge on any atom is -0.392 e. The van der Waals surface area contributed by atoms with Gasteiger partial charge in [0.2, 0.25) is 0 Å². The van der Waals surface area contributed by atoms with E-state index in [1.165, 1.54) is 12.2 Å². The maximum atomic E-state index is 10.2. The van der Waals surface area contributed by atoms with Gasteiger partial charge in [-0.1, -0.05) is 6.92 Å². The molecule has 4 heteroatoms. The molecule has 0 saturated carbocycles. The first-order valence-electron chi connectivity index (χ1n) is 6.23. The minimum absolute atomic E-state index is 0.117. The van der Waals surface area contributed by atoms with Crippen LogP contribution >= 0.6 is 23.5 Å². The van der Waals surface area contributed by atoms with Crippen LogP contribution in [0, 0.1) is 5.92 Å². The summed E-state index contributed by atoms with van der Waals surface area (Å²) in [6.07, 6.45) is 3.17. The van der Waals surface area contributed by atoms with Crippen LogP contribution in [0.3, 0.4) is 0 Å². The summed E-state index contributed by atoms with van der Waals surface area (Å²) in [7, 11) is 0.